The van der Waals surface area contributed by atoms with E-state index in [2.05, 4.69) is 4.90 Å². The van der Waals surface area contributed by atoms with Crippen molar-refractivity contribution < 1.29 is 19.0 Å². The predicted molar refractivity (Wildman–Crippen MR) is 128 cm³/mol. The molecular weight excluding hydrogens is 426 g/mol. The van der Waals surface area contributed by atoms with E-state index < -0.39 is 0 Å². The lowest BCUT2D eigenvalue weighted by atomic mass is 10.1. The number of ether oxygens (including phenoxy) is 3. The lowest BCUT2D eigenvalue weighted by Crippen LogP contribution is -2.43. The van der Waals surface area contributed by atoms with Gasteiger partial charge in [-0.25, -0.2) is 4.98 Å². The van der Waals surface area contributed by atoms with Gasteiger partial charge in [-0.05, 0) is 49.2 Å². The fourth-order valence-corrected chi connectivity index (χ4v) is 4.87. The van der Waals surface area contributed by atoms with Crippen molar-refractivity contribution in [3.63, 3.8) is 0 Å². The van der Waals surface area contributed by atoms with Crippen LogP contribution in [0.3, 0.4) is 0 Å². The van der Waals surface area contributed by atoms with Crippen LogP contribution in [0.1, 0.15) is 21.5 Å². The first kappa shape index (κ1) is 22.5. The molecule has 7 nitrogen and oxygen atoms in total. The van der Waals surface area contributed by atoms with E-state index in [1.807, 2.05) is 44.2 Å². The number of methoxy groups -OCH3 is 2. The smallest absolute Gasteiger partial charge is 0.260 e. The van der Waals surface area contributed by atoms with Gasteiger partial charge >= 0.3 is 0 Å². The van der Waals surface area contributed by atoms with Gasteiger partial charge in [-0.3, -0.25) is 14.6 Å². The van der Waals surface area contributed by atoms with E-state index in [4.69, 9.17) is 19.2 Å². The molecule has 1 fully saturated rings. The van der Waals surface area contributed by atoms with Crippen LogP contribution < -0.4 is 14.4 Å². The van der Waals surface area contributed by atoms with Crippen molar-refractivity contribution in [2.75, 3.05) is 58.5 Å². The molecule has 2 aromatic carbocycles. The second-order valence-corrected chi connectivity index (χ2v) is 8.83. The number of carbonyl (C=O) groups excluding carboxylic acids is 1. The van der Waals surface area contributed by atoms with Crippen molar-refractivity contribution in [3.8, 4) is 11.5 Å². The summed E-state index contributed by atoms with van der Waals surface area (Å²) in [6.45, 7) is 8.55. The maximum absolute atomic E-state index is 13.7. The molecule has 0 radical (unpaired) electrons. The lowest BCUT2D eigenvalue weighted by molar-refractivity contribution is 0.0391. The predicted octanol–water partition coefficient (Wildman–Crippen LogP) is 3.91. The van der Waals surface area contributed by atoms with E-state index in [1.54, 1.807) is 19.1 Å². The Balaban J connectivity index is 1.72. The maximum atomic E-state index is 13.7. The van der Waals surface area contributed by atoms with Crippen LogP contribution in [0.15, 0.2) is 30.3 Å². The van der Waals surface area contributed by atoms with Gasteiger partial charge < -0.3 is 14.2 Å². The molecule has 0 N–H and O–H groups in total. The molecule has 0 atom stereocenters. The number of hydrogen-bond donors (Lipinski definition) is 0. The zero-order valence-corrected chi connectivity index (χ0v) is 19.8. The van der Waals surface area contributed by atoms with Crippen LogP contribution in [0.4, 0.5) is 5.13 Å². The first-order valence-electron chi connectivity index (χ1n) is 10.7. The Morgan fingerprint density at radius 1 is 1.09 bits per heavy atom. The molecule has 1 aliphatic rings. The summed E-state index contributed by atoms with van der Waals surface area (Å²) in [6.07, 6.45) is 0. The zero-order valence-electron chi connectivity index (χ0n) is 19.0. The number of amides is 1. The van der Waals surface area contributed by atoms with Crippen LogP contribution >= 0.6 is 11.3 Å². The number of benzene rings is 2. The van der Waals surface area contributed by atoms with Gasteiger partial charge in [0.2, 0.25) is 0 Å². The average molecular weight is 456 g/mol. The molecule has 0 bridgehead atoms. The summed E-state index contributed by atoms with van der Waals surface area (Å²) >= 11 is 1.45. The molecule has 0 saturated carbocycles. The molecule has 1 amide bonds. The van der Waals surface area contributed by atoms with Crippen molar-refractivity contribution in [2.45, 2.75) is 13.8 Å². The van der Waals surface area contributed by atoms with Crippen LogP contribution in [0.2, 0.25) is 0 Å². The minimum absolute atomic E-state index is 0.0571. The fourth-order valence-electron chi connectivity index (χ4n) is 3.77. The summed E-state index contributed by atoms with van der Waals surface area (Å²) in [7, 11) is 3.26. The van der Waals surface area contributed by atoms with Crippen molar-refractivity contribution >= 4 is 32.6 Å². The SMILES string of the molecule is COc1ccc(OC)c2sc(N(CCN3CCOCC3)C(=O)c3ccc(C)c(C)c3)nc12. The normalized spacial score (nSPS) is 14.5. The Morgan fingerprint density at radius 3 is 2.50 bits per heavy atom. The molecule has 1 aromatic heterocycles. The number of carbonyl (C=O) groups is 1. The third kappa shape index (κ3) is 4.57. The maximum Gasteiger partial charge on any atom is 0.260 e. The third-order valence-electron chi connectivity index (χ3n) is 5.87. The first-order valence-corrected chi connectivity index (χ1v) is 11.5. The third-order valence-corrected chi connectivity index (χ3v) is 6.97. The number of nitrogens with zero attached hydrogens (tertiary/aromatic N) is 3. The van der Waals surface area contributed by atoms with Crippen LogP contribution in [-0.2, 0) is 4.74 Å². The van der Waals surface area contributed by atoms with Gasteiger partial charge in [-0.1, -0.05) is 17.4 Å². The number of rotatable bonds is 7. The highest BCUT2D eigenvalue weighted by Gasteiger charge is 2.25. The summed E-state index contributed by atoms with van der Waals surface area (Å²) in [6, 6.07) is 9.54. The van der Waals surface area contributed by atoms with E-state index in [0.717, 1.165) is 54.4 Å². The monoisotopic (exact) mass is 455 g/mol. The van der Waals surface area contributed by atoms with E-state index >= 15 is 0 Å². The summed E-state index contributed by atoms with van der Waals surface area (Å²) in [4.78, 5) is 22.6. The summed E-state index contributed by atoms with van der Waals surface area (Å²) in [5.41, 5.74) is 3.62. The molecule has 170 valence electrons. The van der Waals surface area contributed by atoms with Crippen LogP contribution in [-0.4, -0.2) is 69.4 Å². The highest BCUT2D eigenvalue weighted by atomic mass is 32.1. The second kappa shape index (κ2) is 9.85. The van der Waals surface area contributed by atoms with E-state index in [0.29, 0.717) is 28.5 Å². The second-order valence-electron chi connectivity index (χ2n) is 7.85. The summed E-state index contributed by atoms with van der Waals surface area (Å²) in [5.74, 6) is 1.32. The molecule has 4 rings (SSSR count). The number of thiazole rings is 1. The summed E-state index contributed by atoms with van der Waals surface area (Å²) < 4.78 is 17.4. The number of hydrogen-bond acceptors (Lipinski definition) is 7. The van der Waals surface area contributed by atoms with Crippen LogP contribution in [0.25, 0.3) is 10.2 Å². The molecule has 0 unspecified atom stereocenters. The average Bonchev–Trinajstić information content (AvgIpc) is 3.26. The topological polar surface area (TPSA) is 64.1 Å². The van der Waals surface area contributed by atoms with Crippen molar-refractivity contribution in [3.05, 3.63) is 47.0 Å². The number of anilines is 1. The van der Waals surface area contributed by atoms with Gasteiger partial charge in [-0.15, -0.1) is 0 Å². The highest BCUT2D eigenvalue weighted by Crippen LogP contribution is 2.40. The molecule has 0 spiro atoms. The molecule has 2 heterocycles. The Bertz CT molecular complexity index is 1070. The number of morpholine rings is 1. The molecular formula is C24H29N3O4S. The first-order chi connectivity index (χ1) is 15.5. The van der Waals surface area contributed by atoms with Gasteiger partial charge in [0.05, 0.1) is 27.4 Å². The quantitative estimate of drug-likeness (QED) is 0.538. The Morgan fingerprint density at radius 2 is 1.81 bits per heavy atom. The Labute approximate surface area is 192 Å². The Kier molecular flexibility index (Phi) is 6.93. The molecule has 8 heteroatoms. The standard InChI is InChI=1S/C24H29N3O4S/c1-16-5-6-18(15-17(16)2)23(28)27(10-9-26-11-13-31-14-12-26)24-25-21-19(29-3)7-8-20(30-4)22(21)32-24/h5-8,15H,9-14H2,1-4H3. The van der Waals surface area contributed by atoms with Crippen LogP contribution in [0.5, 0.6) is 11.5 Å². The fraction of sp³-hybridized carbons (Fsp3) is 0.417. The van der Waals surface area contributed by atoms with Crippen molar-refractivity contribution in [1.29, 1.82) is 0 Å². The van der Waals surface area contributed by atoms with Crippen LogP contribution in [0, 0.1) is 13.8 Å². The van der Waals surface area contributed by atoms with E-state index in [9.17, 15) is 4.79 Å². The largest absolute Gasteiger partial charge is 0.495 e. The minimum atomic E-state index is -0.0571. The lowest BCUT2D eigenvalue weighted by Gasteiger charge is -2.29. The van der Waals surface area contributed by atoms with Gasteiger partial charge in [0.15, 0.2) is 5.13 Å². The number of aromatic nitrogens is 1. The van der Waals surface area contributed by atoms with Crippen molar-refractivity contribution in [1.82, 2.24) is 9.88 Å². The van der Waals surface area contributed by atoms with Crippen molar-refractivity contribution in [2.24, 2.45) is 0 Å². The number of aryl methyl sites for hydroxylation is 2. The van der Waals surface area contributed by atoms with E-state index in [-0.39, 0.29) is 5.91 Å². The van der Waals surface area contributed by atoms with Gasteiger partial charge in [-0.2, -0.15) is 0 Å². The summed E-state index contributed by atoms with van der Waals surface area (Å²) in [5, 5.41) is 0.638. The Hall–Kier alpha value is -2.68. The van der Waals surface area contributed by atoms with Gasteiger partial charge in [0.1, 0.15) is 21.7 Å². The minimum Gasteiger partial charge on any atom is -0.495 e. The van der Waals surface area contributed by atoms with E-state index in [1.165, 1.54) is 11.3 Å². The molecule has 3 aromatic rings. The molecule has 1 saturated heterocycles. The zero-order chi connectivity index (χ0) is 22.7. The van der Waals surface area contributed by atoms with Gasteiger partial charge in [0.25, 0.3) is 5.91 Å². The molecule has 32 heavy (non-hydrogen) atoms. The number of fused-ring (bicyclic) bond motifs is 1. The highest BCUT2D eigenvalue weighted by molar-refractivity contribution is 7.22. The van der Waals surface area contributed by atoms with Gasteiger partial charge in [0, 0.05) is 31.7 Å². The molecule has 1 aliphatic heterocycles. The molecule has 0 aliphatic carbocycles.